The summed E-state index contributed by atoms with van der Waals surface area (Å²) in [5, 5.41) is 12.6. The molecule has 2 aliphatic rings. The summed E-state index contributed by atoms with van der Waals surface area (Å²) in [7, 11) is 1.99. The number of hydrogen-bond donors (Lipinski definition) is 1. The first-order valence-electron chi connectivity index (χ1n) is 10.0. The van der Waals surface area contributed by atoms with E-state index in [2.05, 4.69) is 16.3 Å². The van der Waals surface area contributed by atoms with Crippen molar-refractivity contribution in [3.05, 3.63) is 35.9 Å². The van der Waals surface area contributed by atoms with Crippen LogP contribution < -0.4 is 5.32 Å². The molecule has 156 valence electrons. The Kier molecular flexibility index (Phi) is 7.07. The van der Waals surface area contributed by atoms with Crippen molar-refractivity contribution >= 4 is 12.0 Å². The first kappa shape index (κ1) is 21.1. The van der Waals surface area contributed by atoms with Crippen molar-refractivity contribution in [2.45, 2.75) is 30.9 Å². The number of carbonyl (C=O) groups is 2. The van der Waals surface area contributed by atoms with Crippen LogP contribution in [0.3, 0.4) is 0 Å². The average Bonchev–Trinajstić information content (AvgIpc) is 2.76. The fourth-order valence-corrected chi connectivity index (χ4v) is 3.54. The monoisotopic (exact) mass is 400 g/mol. The van der Waals surface area contributed by atoms with Crippen LogP contribution in [0.5, 0.6) is 0 Å². The number of rotatable bonds is 5. The zero-order valence-electron chi connectivity index (χ0n) is 16.8. The van der Waals surface area contributed by atoms with Gasteiger partial charge in [0.05, 0.1) is 19.3 Å². The molecule has 8 heteroatoms. The molecule has 0 radical (unpaired) electrons. The molecule has 0 bridgehead atoms. The highest BCUT2D eigenvalue weighted by Crippen LogP contribution is 2.22. The van der Waals surface area contributed by atoms with Crippen LogP contribution in [0.1, 0.15) is 18.4 Å². The highest BCUT2D eigenvalue weighted by Gasteiger charge is 2.38. The number of amides is 2. The maximum absolute atomic E-state index is 13.1. The Morgan fingerprint density at radius 2 is 1.86 bits per heavy atom. The summed E-state index contributed by atoms with van der Waals surface area (Å²) in [5.74, 6) is -0.429. The zero-order valence-corrected chi connectivity index (χ0v) is 16.8. The van der Waals surface area contributed by atoms with Crippen LogP contribution in [0.15, 0.2) is 30.3 Å². The number of morpholine rings is 1. The summed E-state index contributed by atoms with van der Waals surface area (Å²) in [5.41, 5.74) is -0.0407. The summed E-state index contributed by atoms with van der Waals surface area (Å²) in [4.78, 5) is 29.3. The van der Waals surface area contributed by atoms with Crippen LogP contribution in [0, 0.1) is 11.3 Å². The predicted molar refractivity (Wildman–Crippen MR) is 106 cm³/mol. The maximum Gasteiger partial charge on any atom is 0.410 e. The standard InChI is InChI=1S/C21H28N4O4/c1-24-9-7-21(16-22,8-10-24)23-19(26)18(15-17-5-3-2-4-6-17)29-20(27)25-11-13-28-14-12-25/h2-6,18H,7-15H2,1H3,(H,23,26)/t18-/m0/s1. The van der Waals surface area contributed by atoms with Gasteiger partial charge in [0.15, 0.2) is 6.10 Å². The lowest BCUT2D eigenvalue weighted by molar-refractivity contribution is -0.132. The van der Waals surface area contributed by atoms with Gasteiger partial charge in [0.2, 0.25) is 0 Å². The second-order valence-electron chi connectivity index (χ2n) is 7.65. The number of nitrogens with zero attached hydrogens (tertiary/aromatic N) is 3. The molecule has 1 atom stereocenters. The molecule has 2 saturated heterocycles. The van der Waals surface area contributed by atoms with Crippen LogP contribution in [-0.2, 0) is 20.7 Å². The van der Waals surface area contributed by atoms with Crippen molar-refractivity contribution < 1.29 is 19.1 Å². The Bertz CT molecular complexity index is 735. The lowest BCUT2D eigenvalue weighted by Crippen LogP contribution is -2.57. The van der Waals surface area contributed by atoms with Crippen molar-refractivity contribution in [1.29, 1.82) is 5.26 Å². The van der Waals surface area contributed by atoms with E-state index in [-0.39, 0.29) is 6.42 Å². The molecule has 29 heavy (non-hydrogen) atoms. The van der Waals surface area contributed by atoms with Gasteiger partial charge in [-0.2, -0.15) is 5.26 Å². The molecular weight excluding hydrogens is 372 g/mol. The van der Waals surface area contributed by atoms with Crippen molar-refractivity contribution in [3.63, 3.8) is 0 Å². The Labute approximate surface area is 171 Å². The van der Waals surface area contributed by atoms with E-state index in [1.165, 1.54) is 0 Å². The molecule has 0 unspecified atom stereocenters. The third-order valence-electron chi connectivity index (χ3n) is 5.49. The Balaban J connectivity index is 1.71. The number of nitrogens with one attached hydrogen (secondary N) is 1. The SMILES string of the molecule is CN1CCC(C#N)(NC(=O)[C@H](Cc2ccccc2)OC(=O)N2CCOCC2)CC1. The average molecular weight is 400 g/mol. The molecule has 0 saturated carbocycles. The van der Waals surface area contributed by atoms with Crippen molar-refractivity contribution in [2.24, 2.45) is 0 Å². The van der Waals surface area contributed by atoms with E-state index in [9.17, 15) is 14.9 Å². The van der Waals surface area contributed by atoms with Gasteiger partial charge in [0.1, 0.15) is 5.54 Å². The minimum atomic E-state index is -1.00. The van der Waals surface area contributed by atoms with Gasteiger partial charge >= 0.3 is 6.09 Å². The molecule has 3 rings (SSSR count). The van der Waals surface area contributed by atoms with E-state index in [0.29, 0.717) is 39.1 Å². The van der Waals surface area contributed by atoms with Gasteiger partial charge in [0, 0.05) is 32.6 Å². The van der Waals surface area contributed by atoms with Gasteiger partial charge in [-0.05, 0) is 25.5 Å². The molecular formula is C21H28N4O4. The third-order valence-corrected chi connectivity index (χ3v) is 5.49. The Morgan fingerprint density at radius 1 is 1.21 bits per heavy atom. The van der Waals surface area contributed by atoms with Crippen LogP contribution in [0.2, 0.25) is 0 Å². The number of benzene rings is 1. The molecule has 1 N–H and O–H groups in total. The van der Waals surface area contributed by atoms with E-state index in [1.54, 1.807) is 4.90 Å². The van der Waals surface area contributed by atoms with Gasteiger partial charge < -0.3 is 24.6 Å². The van der Waals surface area contributed by atoms with Gasteiger partial charge in [0.25, 0.3) is 5.91 Å². The van der Waals surface area contributed by atoms with Gasteiger partial charge in [-0.15, -0.1) is 0 Å². The molecule has 2 heterocycles. The predicted octanol–water partition coefficient (Wildman–Crippen LogP) is 1.17. The fraction of sp³-hybridized carbons (Fsp3) is 0.571. The van der Waals surface area contributed by atoms with Crippen molar-refractivity contribution in [2.75, 3.05) is 46.4 Å². The minimum Gasteiger partial charge on any atom is -0.436 e. The Hall–Kier alpha value is -2.63. The van der Waals surface area contributed by atoms with Gasteiger partial charge in [-0.1, -0.05) is 30.3 Å². The summed E-state index contributed by atoms with van der Waals surface area (Å²) in [6.07, 6.45) is -0.191. The van der Waals surface area contributed by atoms with E-state index >= 15 is 0 Å². The molecule has 8 nitrogen and oxygen atoms in total. The van der Waals surface area contributed by atoms with Crippen LogP contribution in [-0.4, -0.2) is 79.9 Å². The van der Waals surface area contributed by atoms with Crippen molar-refractivity contribution in [1.82, 2.24) is 15.1 Å². The first-order chi connectivity index (χ1) is 14.0. The number of hydrogen-bond acceptors (Lipinski definition) is 6. The number of carbonyl (C=O) groups excluding carboxylic acids is 2. The second kappa shape index (κ2) is 9.72. The van der Waals surface area contributed by atoms with E-state index in [4.69, 9.17) is 9.47 Å². The molecule has 0 spiro atoms. The lowest BCUT2D eigenvalue weighted by atomic mass is 9.88. The normalized spacial score (nSPS) is 20.3. The summed E-state index contributed by atoms with van der Waals surface area (Å²) in [6.45, 7) is 3.24. The largest absolute Gasteiger partial charge is 0.436 e. The zero-order chi connectivity index (χ0) is 20.7. The molecule has 1 aromatic carbocycles. The number of likely N-dealkylation sites (tertiary alicyclic amines) is 1. The number of piperidine rings is 1. The highest BCUT2D eigenvalue weighted by molar-refractivity contribution is 5.84. The summed E-state index contributed by atoms with van der Waals surface area (Å²) < 4.78 is 10.9. The fourth-order valence-electron chi connectivity index (χ4n) is 3.54. The minimum absolute atomic E-state index is 0.254. The molecule has 2 fully saturated rings. The van der Waals surface area contributed by atoms with Gasteiger partial charge in [-0.3, -0.25) is 4.79 Å². The highest BCUT2D eigenvalue weighted by atomic mass is 16.6. The van der Waals surface area contributed by atoms with Crippen LogP contribution in [0.25, 0.3) is 0 Å². The smallest absolute Gasteiger partial charge is 0.410 e. The third kappa shape index (κ3) is 5.68. The van der Waals surface area contributed by atoms with Crippen molar-refractivity contribution in [3.8, 4) is 6.07 Å². The van der Waals surface area contributed by atoms with Gasteiger partial charge in [-0.25, -0.2) is 4.79 Å². The van der Waals surface area contributed by atoms with Crippen LogP contribution >= 0.6 is 0 Å². The number of ether oxygens (including phenoxy) is 2. The number of nitriles is 1. The quantitative estimate of drug-likeness (QED) is 0.797. The van der Waals surface area contributed by atoms with E-state index in [0.717, 1.165) is 18.7 Å². The topological polar surface area (TPSA) is 94.9 Å². The Morgan fingerprint density at radius 3 is 2.48 bits per heavy atom. The molecule has 1 aromatic rings. The molecule has 2 amide bonds. The second-order valence-corrected chi connectivity index (χ2v) is 7.65. The summed E-state index contributed by atoms with van der Waals surface area (Å²) >= 11 is 0. The maximum atomic E-state index is 13.1. The van der Waals surface area contributed by atoms with E-state index < -0.39 is 23.6 Å². The summed E-state index contributed by atoms with van der Waals surface area (Å²) in [6, 6.07) is 11.7. The van der Waals surface area contributed by atoms with Crippen LogP contribution in [0.4, 0.5) is 4.79 Å². The first-order valence-corrected chi connectivity index (χ1v) is 10.0. The lowest BCUT2D eigenvalue weighted by Gasteiger charge is -2.37. The molecule has 2 aliphatic heterocycles. The van der Waals surface area contributed by atoms with E-state index in [1.807, 2.05) is 37.4 Å². The molecule has 0 aromatic heterocycles. The molecule has 0 aliphatic carbocycles.